The van der Waals surface area contributed by atoms with Crippen LogP contribution in [-0.2, 0) is 30.4 Å². The number of alkyl carbamates (subject to hydrolysis) is 2. The van der Waals surface area contributed by atoms with Crippen LogP contribution in [0.1, 0.15) is 95.5 Å². The molecule has 3 fully saturated rings. The fourth-order valence-corrected chi connectivity index (χ4v) is 10.4. The second kappa shape index (κ2) is 17.8. The van der Waals surface area contributed by atoms with Crippen LogP contribution in [0.15, 0.2) is 48.7 Å². The summed E-state index contributed by atoms with van der Waals surface area (Å²) in [4.78, 5) is 73.8. The van der Waals surface area contributed by atoms with Crippen molar-refractivity contribution in [2.24, 2.45) is 17.8 Å². The van der Waals surface area contributed by atoms with Crippen molar-refractivity contribution in [2.75, 3.05) is 34.0 Å². The van der Waals surface area contributed by atoms with E-state index in [0.29, 0.717) is 45.0 Å². The number of amides is 4. The molecule has 6 atom stereocenters. The quantitative estimate of drug-likeness (QED) is 0.109. The summed E-state index contributed by atoms with van der Waals surface area (Å²) in [5.41, 5.74) is 6.60. The third kappa shape index (κ3) is 8.01. The van der Waals surface area contributed by atoms with E-state index in [0.717, 1.165) is 87.0 Å². The normalized spacial score (nSPS) is 21.9. The lowest BCUT2D eigenvalue weighted by molar-refractivity contribution is -0.139. The third-order valence-corrected chi connectivity index (χ3v) is 13.8. The summed E-state index contributed by atoms with van der Waals surface area (Å²) in [6.07, 6.45) is 5.09. The summed E-state index contributed by atoms with van der Waals surface area (Å²) in [7, 11) is 2.61. The fraction of sp³-hybridized carbons (Fsp3) is 0.500. The van der Waals surface area contributed by atoms with Gasteiger partial charge in [0.05, 0.1) is 49.2 Å². The van der Waals surface area contributed by atoms with Crippen LogP contribution in [0, 0.1) is 17.8 Å². The van der Waals surface area contributed by atoms with Gasteiger partial charge in [-0.05, 0) is 103 Å². The lowest BCUT2D eigenvalue weighted by Crippen LogP contribution is -2.54. The van der Waals surface area contributed by atoms with Crippen LogP contribution in [0.25, 0.3) is 44.2 Å². The number of nitrogens with one attached hydrogen (secondary N) is 4. The van der Waals surface area contributed by atoms with Gasteiger partial charge in [-0.25, -0.2) is 19.6 Å². The van der Waals surface area contributed by atoms with E-state index >= 15 is 0 Å². The van der Waals surface area contributed by atoms with Gasteiger partial charge in [0.15, 0.2) is 0 Å². The number of fused-ring (bicyclic) bond motifs is 6. The Balaban J connectivity index is 0.965. The maximum Gasteiger partial charge on any atom is 0.407 e. The molecular weight excluding hydrogens is 817 g/mol. The molecule has 16 heteroatoms. The van der Waals surface area contributed by atoms with Crippen LogP contribution in [0.4, 0.5) is 9.59 Å². The summed E-state index contributed by atoms with van der Waals surface area (Å²) in [5, 5.41) is 7.56. The van der Waals surface area contributed by atoms with Gasteiger partial charge >= 0.3 is 12.2 Å². The first kappa shape index (κ1) is 43.1. The van der Waals surface area contributed by atoms with Gasteiger partial charge in [0.25, 0.3) is 0 Å². The highest BCUT2D eigenvalue weighted by molar-refractivity contribution is 6.07. The predicted octanol–water partition coefficient (Wildman–Crippen LogP) is 7.55. The zero-order valence-electron chi connectivity index (χ0n) is 37.4. The van der Waals surface area contributed by atoms with Gasteiger partial charge in [0, 0.05) is 36.8 Å². The lowest BCUT2D eigenvalue weighted by atomic mass is 9.90. The number of likely N-dealkylation sites (tertiary alicyclic amines) is 2. The number of ether oxygens (including phenoxy) is 4. The molecule has 3 aromatic carbocycles. The number of aromatic amines is 2. The van der Waals surface area contributed by atoms with Gasteiger partial charge in [0.1, 0.15) is 36.1 Å². The van der Waals surface area contributed by atoms with Crippen LogP contribution in [-0.4, -0.2) is 106 Å². The average molecular weight is 875 g/mol. The van der Waals surface area contributed by atoms with E-state index in [1.165, 1.54) is 14.2 Å². The van der Waals surface area contributed by atoms with Crippen molar-refractivity contribution in [2.45, 2.75) is 103 Å². The van der Waals surface area contributed by atoms with E-state index < -0.39 is 24.3 Å². The fourth-order valence-electron chi connectivity index (χ4n) is 10.4. The number of H-pyrrole nitrogens is 2. The maximum atomic E-state index is 14.4. The molecule has 0 aliphatic carbocycles. The maximum absolute atomic E-state index is 14.4. The van der Waals surface area contributed by atoms with E-state index in [4.69, 9.17) is 28.9 Å². The molecule has 5 aromatic rings. The Morgan fingerprint density at radius 3 is 2.42 bits per heavy atom. The summed E-state index contributed by atoms with van der Waals surface area (Å²) in [6, 6.07) is 12.7. The minimum Gasteiger partial charge on any atom is -0.488 e. The Morgan fingerprint density at radius 2 is 1.67 bits per heavy atom. The number of methoxy groups -OCH3 is 2. The number of nitrogens with zero attached hydrogens (tertiary/aromatic N) is 4. The minimum absolute atomic E-state index is 0.0223. The third-order valence-electron chi connectivity index (χ3n) is 13.8. The lowest BCUT2D eigenvalue weighted by Gasteiger charge is -2.36. The second-order valence-corrected chi connectivity index (χ2v) is 18.2. The van der Waals surface area contributed by atoms with Gasteiger partial charge in [-0.3, -0.25) is 9.59 Å². The van der Waals surface area contributed by atoms with E-state index in [1.54, 1.807) is 0 Å². The van der Waals surface area contributed by atoms with Crippen molar-refractivity contribution in [3.8, 4) is 28.1 Å². The molecule has 0 radical (unpaired) electrons. The molecule has 0 spiro atoms. The van der Waals surface area contributed by atoms with Gasteiger partial charge < -0.3 is 49.3 Å². The zero-order valence-corrected chi connectivity index (χ0v) is 37.4. The number of carbonyl (C=O) groups is 4. The smallest absolute Gasteiger partial charge is 0.407 e. The predicted molar refractivity (Wildman–Crippen MR) is 239 cm³/mol. The van der Waals surface area contributed by atoms with Crippen molar-refractivity contribution in [3.05, 3.63) is 65.9 Å². The number of aromatic nitrogens is 4. The van der Waals surface area contributed by atoms with E-state index in [9.17, 15) is 19.2 Å². The van der Waals surface area contributed by atoms with E-state index in [2.05, 4.69) is 70.8 Å². The molecule has 2 aromatic heterocycles. The van der Waals surface area contributed by atoms with Crippen LogP contribution < -0.4 is 15.4 Å². The SMILES string of the molecule is CCC1CCC(c2ncc(-c3ccc4c(c3)COc3cc5c(ccc6[nH]c(C7CC(C)CN7C(=O)C(NC(=O)OC)C(C)C)nc65)cc3-4)[nH]2)N1C(=O)C(NC(=O)OC)C1CCOCC1. The topological polar surface area (TPSA) is 193 Å². The first-order valence-electron chi connectivity index (χ1n) is 22.6. The molecule has 9 rings (SSSR count). The molecule has 64 heavy (non-hydrogen) atoms. The molecule has 6 unspecified atom stereocenters. The van der Waals surface area contributed by atoms with Gasteiger partial charge in [-0.1, -0.05) is 45.9 Å². The molecule has 6 heterocycles. The molecule has 3 saturated heterocycles. The monoisotopic (exact) mass is 874 g/mol. The van der Waals surface area contributed by atoms with E-state index in [-0.39, 0.29) is 47.7 Å². The highest BCUT2D eigenvalue weighted by Gasteiger charge is 2.44. The van der Waals surface area contributed by atoms with Gasteiger partial charge in [-0.2, -0.15) is 0 Å². The number of rotatable bonds is 10. The summed E-state index contributed by atoms with van der Waals surface area (Å²) >= 11 is 0. The van der Waals surface area contributed by atoms with Crippen LogP contribution in [0.3, 0.4) is 0 Å². The number of hydrogen-bond acceptors (Lipinski definition) is 10. The van der Waals surface area contributed by atoms with Crippen molar-refractivity contribution in [1.82, 2.24) is 40.4 Å². The van der Waals surface area contributed by atoms with E-state index in [1.807, 2.05) is 35.9 Å². The molecule has 16 nitrogen and oxygen atoms in total. The zero-order chi connectivity index (χ0) is 44.8. The average Bonchev–Trinajstić information content (AvgIpc) is 4.14. The van der Waals surface area contributed by atoms with Crippen LogP contribution in [0.5, 0.6) is 5.75 Å². The molecule has 4 amide bonds. The van der Waals surface area contributed by atoms with Crippen molar-refractivity contribution < 1.29 is 38.1 Å². The number of benzene rings is 3. The summed E-state index contributed by atoms with van der Waals surface area (Å²) < 4.78 is 21.8. The molecule has 0 bridgehead atoms. The Morgan fingerprint density at radius 1 is 0.891 bits per heavy atom. The van der Waals surface area contributed by atoms with Crippen LogP contribution >= 0.6 is 0 Å². The van der Waals surface area contributed by atoms with Gasteiger partial charge in [0.2, 0.25) is 11.8 Å². The number of hydrogen-bond donors (Lipinski definition) is 4. The standard InChI is InChI=1S/C48H58N8O8/c1-7-31-10-13-37(56(31)46(58)41(54-48(60)62-6)27-14-16-63-17-15-27)43-49-22-36(51-43)29-8-11-32-30(19-29)24-64-39-21-33-28(20-34(32)39)9-12-35-42(33)52-44(50-35)38-18-26(4)23-55(38)45(57)40(25(2)3)53-47(59)61-5/h8-9,11-12,19-22,25-27,31,37-38,40-41H,7,10,13-18,23-24H2,1-6H3,(H,49,51)(H,50,52)(H,53,59)(H,54,60). The summed E-state index contributed by atoms with van der Waals surface area (Å²) in [5.74, 6) is 2.01. The van der Waals surface area contributed by atoms with Crippen LogP contribution in [0.2, 0.25) is 0 Å². The molecular formula is C48H58N8O8. The summed E-state index contributed by atoms with van der Waals surface area (Å²) in [6.45, 7) is 10.1. The van der Waals surface area contributed by atoms with Crippen molar-refractivity contribution in [1.29, 1.82) is 0 Å². The molecule has 4 aliphatic heterocycles. The van der Waals surface area contributed by atoms with Crippen molar-refractivity contribution in [3.63, 3.8) is 0 Å². The highest BCUT2D eigenvalue weighted by Crippen LogP contribution is 2.44. The number of imidazole rings is 2. The number of carbonyl (C=O) groups excluding carboxylic acids is 4. The second-order valence-electron chi connectivity index (χ2n) is 18.2. The molecule has 338 valence electrons. The first-order valence-corrected chi connectivity index (χ1v) is 22.6. The molecule has 4 aliphatic rings. The Labute approximate surface area is 372 Å². The molecule has 4 N–H and O–H groups in total. The highest BCUT2D eigenvalue weighted by atomic mass is 16.5. The van der Waals surface area contributed by atoms with Gasteiger partial charge in [-0.15, -0.1) is 0 Å². The Kier molecular flexibility index (Phi) is 12.0. The minimum atomic E-state index is -0.724. The first-order chi connectivity index (χ1) is 31.0. The largest absolute Gasteiger partial charge is 0.488 e. The molecule has 0 saturated carbocycles. The Hall–Kier alpha value is -6.16. The Bertz CT molecular complexity index is 2580. The van der Waals surface area contributed by atoms with Crippen molar-refractivity contribution >= 4 is 45.8 Å².